The van der Waals surface area contributed by atoms with Crippen LogP contribution in [0.1, 0.15) is 11.1 Å². The molecule has 0 spiro atoms. The number of rotatable bonds is 12. The Morgan fingerprint density at radius 3 is 1.07 bits per heavy atom. The molecule has 0 unspecified atom stereocenters. The summed E-state index contributed by atoms with van der Waals surface area (Å²) in [5.74, 6) is 0. The number of benzene rings is 3. The van der Waals surface area contributed by atoms with Crippen molar-refractivity contribution in [3.8, 4) is 0 Å². The Balaban J connectivity index is 1.90. The number of nitrogens with zero attached hydrogens (tertiary/aromatic N) is 4. The van der Waals surface area contributed by atoms with Crippen LogP contribution in [0.15, 0.2) is 70.5 Å². The second-order valence-corrected chi connectivity index (χ2v) is 10.7. The molecule has 0 atom stereocenters. The minimum atomic E-state index is -4.87. The lowest BCUT2D eigenvalue weighted by Crippen LogP contribution is -2.12. The maximum atomic E-state index is 12.7. The lowest BCUT2D eigenvalue weighted by molar-refractivity contribution is -0.396. The topological polar surface area (TPSA) is 259 Å². The van der Waals surface area contributed by atoms with Gasteiger partial charge in [-0.3, -0.25) is 48.8 Å². The molecule has 3 rings (SSSR count). The van der Waals surface area contributed by atoms with Crippen LogP contribution in [-0.4, -0.2) is 36.5 Å². The molecule has 0 N–H and O–H groups in total. The van der Waals surface area contributed by atoms with Crippen LogP contribution in [0, 0.1) is 40.5 Å². The number of hydrogen-bond donors (Lipinski definition) is 0. The van der Waals surface area contributed by atoms with Crippen molar-refractivity contribution in [1.29, 1.82) is 0 Å². The van der Waals surface area contributed by atoms with E-state index in [0.29, 0.717) is 6.07 Å². The second-order valence-electron chi connectivity index (χ2n) is 7.49. The number of nitro groups is 4. The Morgan fingerprint density at radius 2 is 0.800 bits per heavy atom. The van der Waals surface area contributed by atoms with E-state index in [4.69, 9.17) is 8.37 Å². The van der Waals surface area contributed by atoms with Gasteiger partial charge in [-0.25, -0.2) is 0 Å². The first-order valence-electron chi connectivity index (χ1n) is 10.4. The Hall–Kier alpha value is -4.92. The summed E-state index contributed by atoms with van der Waals surface area (Å²) in [6.07, 6.45) is 0. The molecule has 40 heavy (non-hydrogen) atoms. The van der Waals surface area contributed by atoms with E-state index in [1.165, 1.54) is 0 Å². The van der Waals surface area contributed by atoms with Gasteiger partial charge in [0.25, 0.3) is 43.0 Å². The van der Waals surface area contributed by atoms with Crippen LogP contribution < -0.4 is 0 Å². The third-order valence-electron chi connectivity index (χ3n) is 5.14. The highest BCUT2D eigenvalue weighted by atomic mass is 32.2. The quantitative estimate of drug-likeness (QED) is 0.165. The van der Waals surface area contributed by atoms with Crippen LogP contribution in [0.2, 0.25) is 0 Å². The lowest BCUT2D eigenvalue weighted by atomic mass is 10.1. The molecular weight excluding hydrogens is 584 g/mol. The van der Waals surface area contributed by atoms with E-state index in [0.717, 1.165) is 54.6 Å². The van der Waals surface area contributed by atoms with Crippen LogP contribution in [0.4, 0.5) is 22.7 Å². The number of nitro benzene ring substituents is 4. The smallest absolute Gasteiger partial charge is 0.261 e. The summed E-state index contributed by atoms with van der Waals surface area (Å²) >= 11 is 0. The van der Waals surface area contributed by atoms with Gasteiger partial charge in [-0.05, 0) is 30.3 Å². The van der Waals surface area contributed by atoms with Gasteiger partial charge in [0.1, 0.15) is 24.3 Å². The summed E-state index contributed by atoms with van der Waals surface area (Å²) in [4.78, 5) is 39.5. The van der Waals surface area contributed by atoms with Gasteiger partial charge in [-0.1, -0.05) is 6.07 Å². The van der Waals surface area contributed by atoms with Gasteiger partial charge >= 0.3 is 0 Å². The van der Waals surface area contributed by atoms with E-state index in [1.807, 2.05) is 0 Å². The normalized spacial score (nSPS) is 11.6. The van der Waals surface area contributed by atoms with Gasteiger partial charge < -0.3 is 0 Å². The maximum absolute atomic E-state index is 12.7. The molecule has 3 aromatic rings. The van der Waals surface area contributed by atoms with Gasteiger partial charge in [-0.2, -0.15) is 16.8 Å². The Bertz CT molecular complexity index is 1570. The predicted molar refractivity (Wildman–Crippen MR) is 130 cm³/mol. The average Bonchev–Trinajstić information content (AvgIpc) is 2.90. The molecule has 0 aliphatic heterocycles. The van der Waals surface area contributed by atoms with Crippen molar-refractivity contribution < 1.29 is 44.9 Å². The molecule has 18 nitrogen and oxygen atoms in total. The fourth-order valence-corrected chi connectivity index (χ4v) is 5.23. The van der Waals surface area contributed by atoms with Crippen molar-refractivity contribution in [3.05, 3.63) is 112 Å². The van der Waals surface area contributed by atoms with Crippen LogP contribution >= 0.6 is 0 Å². The molecule has 3 aromatic carbocycles. The van der Waals surface area contributed by atoms with Crippen molar-refractivity contribution in [2.75, 3.05) is 0 Å². The minimum absolute atomic E-state index is 0.562. The summed E-state index contributed by atoms with van der Waals surface area (Å²) in [6.45, 7) is -2.30. The molecular formula is C20H14N4O14S2. The molecule has 0 fully saturated rings. The molecule has 20 heteroatoms. The molecule has 0 radical (unpaired) electrons. The fourth-order valence-electron chi connectivity index (χ4n) is 3.30. The van der Waals surface area contributed by atoms with Crippen molar-refractivity contribution >= 4 is 43.0 Å². The predicted octanol–water partition coefficient (Wildman–Crippen LogP) is 3.13. The van der Waals surface area contributed by atoms with Crippen molar-refractivity contribution in [2.24, 2.45) is 0 Å². The molecule has 0 amide bonds. The molecule has 0 aliphatic rings. The first kappa shape index (κ1) is 29.6. The second kappa shape index (κ2) is 11.4. The van der Waals surface area contributed by atoms with E-state index < -0.39 is 96.8 Å². The summed E-state index contributed by atoms with van der Waals surface area (Å²) in [5.41, 5.74) is -4.51. The molecule has 0 aliphatic carbocycles. The molecule has 210 valence electrons. The van der Waals surface area contributed by atoms with Crippen molar-refractivity contribution in [2.45, 2.75) is 23.0 Å². The molecule has 0 saturated heterocycles. The standard InChI is InChI=1S/C20H14N4O14S2/c25-21(26)17-6-2-7-18(22(27)28)15(17)11-37-39(33,34)13-4-1-5-14(10-13)40(35,36)38-12-16-19(23(29)30)8-3-9-20(16)24(31)32/h1-10H,11-12H2. The van der Waals surface area contributed by atoms with Gasteiger partial charge in [0, 0.05) is 24.3 Å². The molecule has 0 bridgehead atoms. The van der Waals surface area contributed by atoms with E-state index in [1.54, 1.807) is 0 Å². The molecule has 0 heterocycles. The van der Waals surface area contributed by atoms with Crippen LogP contribution in [0.5, 0.6) is 0 Å². The van der Waals surface area contributed by atoms with Crippen LogP contribution in [0.3, 0.4) is 0 Å². The zero-order valence-corrected chi connectivity index (χ0v) is 21.1. The summed E-state index contributed by atoms with van der Waals surface area (Å²) < 4.78 is 60.4. The SMILES string of the molecule is O=[N+]([O-])c1cccc([N+](=O)[O-])c1COS(=O)(=O)c1cccc(S(=O)(=O)OCc2c([N+](=O)[O-])cccc2[N+](=O)[O-])c1. The zero-order chi connectivity index (χ0) is 29.8. The summed E-state index contributed by atoms with van der Waals surface area (Å²) in [5, 5.41) is 45.0. The highest BCUT2D eigenvalue weighted by molar-refractivity contribution is 7.87. The van der Waals surface area contributed by atoms with E-state index >= 15 is 0 Å². The molecule has 0 aromatic heterocycles. The van der Waals surface area contributed by atoms with Crippen LogP contribution in [-0.2, 0) is 41.8 Å². The monoisotopic (exact) mass is 598 g/mol. The summed E-state index contributed by atoms with van der Waals surface area (Å²) in [6, 6.07) is 8.88. The Morgan fingerprint density at radius 1 is 0.525 bits per heavy atom. The highest BCUT2D eigenvalue weighted by Crippen LogP contribution is 2.32. The van der Waals surface area contributed by atoms with Crippen LogP contribution in [0.25, 0.3) is 0 Å². The van der Waals surface area contributed by atoms with Gasteiger partial charge in [0.15, 0.2) is 0 Å². The first-order chi connectivity index (χ1) is 18.7. The van der Waals surface area contributed by atoms with Gasteiger partial charge in [0.2, 0.25) is 0 Å². The number of hydrogen-bond acceptors (Lipinski definition) is 14. The van der Waals surface area contributed by atoms with E-state index in [9.17, 15) is 57.3 Å². The largest absolute Gasteiger partial charge is 0.297 e. The van der Waals surface area contributed by atoms with E-state index in [2.05, 4.69) is 0 Å². The highest BCUT2D eigenvalue weighted by Gasteiger charge is 2.30. The average molecular weight is 598 g/mol. The zero-order valence-electron chi connectivity index (χ0n) is 19.5. The summed E-state index contributed by atoms with van der Waals surface area (Å²) in [7, 11) is -9.75. The van der Waals surface area contributed by atoms with Gasteiger partial charge in [-0.15, -0.1) is 0 Å². The lowest BCUT2D eigenvalue weighted by Gasteiger charge is -2.10. The Labute approximate surface area is 223 Å². The minimum Gasteiger partial charge on any atom is -0.261 e. The first-order valence-corrected chi connectivity index (χ1v) is 13.2. The fraction of sp³-hybridized carbons (Fsp3) is 0.100. The molecule has 0 saturated carbocycles. The van der Waals surface area contributed by atoms with Crippen molar-refractivity contribution in [3.63, 3.8) is 0 Å². The Kier molecular flexibility index (Phi) is 8.48. The third-order valence-corrected chi connectivity index (χ3v) is 7.66. The van der Waals surface area contributed by atoms with Gasteiger partial charge in [0.05, 0.1) is 29.5 Å². The van der Waals surface area contributed by atoms with Crippen molar-refractivity contribution in [1.82, 2.24) is 0 Å². The maximum Gasteiger partial charge on any atom is 0.297 e. The third kappa shape index (κ3) is 6.37. The van der Waals surface area contributed by atoms with E-state index in [-0.39, 0.29) is 0 Å².